The molecule has 0 aromatic heterocycles. The second-order valence-corrected chi connectivity index (χ2v) is 10.0. The van der Waals surface area contributed by atoms with Crippen LogP contribution in [0.1, 0.15) is 26.3 Å². The fourth-order valence-corrected chi connectivity index (χ4v) is 4.77. The normalized spacial score (nSPS) is 22.6. The Morgan fingerprint density at radius 2 is 1.74 bits per heavy atom. The van der Waals surface area contributed by atoms with Crippen LogP contribution in [0.15, 0.2) is 29.2 Å². The van der Waals surface area contributed by atoms with Crippen LogP contribution in [0.25, 0.3) is 0 Å². The van der Waals surface area contributed by atoms with Crippen LogP contribution in [0.3, 0.4) is 0 Å². The van der Waals surface area contributed by atoms with E-state index < -0.39 is 16.1 Å². The van der Waals surface area contributed by atoms with E-state index in [4.69, 9.17) is 4.74 Å². The highest BCUT2D eigenvalue weighted by atomic mass is 32.2. The zero-order chi connectivity index (χ0) is 19.7. The standard InChI is InChI=1S/C19H29N3O4S/c1-19(2,3)15-4-6-16(7-5-15)27(24,25)22-11-9-21(10-12-22)18(23)17-14-20-8-13-26-17/h4-7,17,20H,8-14H2,1-3H3. The van der Waals surface area contributed by atoms with E-state index in [2.05, 4.69) is 26.1 Å². The number of piperazine rings is 1. The highest BCUT2D eigenvalue weighted by Crippen LogP contribution is 2.25. The first kappa shape index (κ1) is 20.3. The molecule has 27 heavy (non-hydrogen) atoms. The van der Waals surface area contributed by atoms with Crippen molar-refractivity contribution in [3.8, 4) is 0 Å². The van der Waals surface area contributed by atoms with Gasteiger partial charge >= 0.3 is 0 Å². The average Bonchev–Trinajstić information content (AvgIpc) is 2.67. The van der Waals surface area contributed by atoms with Crippen molar-refractivity contribution in [1.82, 2.24) is 14.5 Å². The van der Waals surface area contributed by atoms with Gasteiger partial charge in [-0.25, -0.2) is 8.42 Å². The topological polar surface area (TPSA) is 79.0 Å². The van der Waals surface area contributed by atoms with Crippen molar-refractivity contribution in [2.75, 3.05) is 45.9 Å². The predicted octanol–water partition coefficient (Wildman–Crippen LogP) is 0.805. The Kier molecular flexibility index (Phi) is 5.90. The van der Waals surface area contributed by atoms with Crippen molar-refractivity contribution in [3.05, 3.63) is 29.8 Å². The lowest BCUT2D eigenvalue weighted by molar-refractivity contribution is -0.146. The van der Waals surface area contributed by atoms with Gasteiger partial charge in [0.25, 0.3) is 5.91 Å². The number of benzene rings is 1. The molecule has 0 bridgehead atoms. The summed E-state index contributed by atoms with van der Waals surface area (Å²) >= 11 is 0. The highest BCUT2D eigenvalue weighted by Gasteiger charge is 2.33. The predicted molar refractivity (Wildman–Crippen MR) is 103 cm³/mol. The third-order valence-electron chi connectivity index (χ3n) is 5.11. The molecule has 0 spiro atoms. The molecule has 0 radical (unpaired) electrons. The number of morpholine rings is 1. The van der Waals surface area contributed by atoms with Crippen LogP contribution in [0.4, 0.5) is 0 Å². The first-order chi connectivity index (χ1) is 12.7. The summed E-state index contributed by atoms with van der Waals surface area (Å²) in [6, 6.07) is 7.10. The summed E-state index contributed by atoms with van der Waals surface area (Å²) in [4.78, 5) is 14.5. The molecule has 2 aliphatic heterocycles. The van der Waals surface area contributed by atoms with Gasteiger partial charge in [-0.05, 0) is 23.1 Å². The van der Waals surface area contributed by atoms with Gasteiger partial charge in [0.2, 0.25) is 10.0 Å². The molecule has 1 aromatic rings. The monoisotopic (exact) mass is 395 g/mol. The molecule has 0 saturated carbocycles. The maximum Gasteiger partial charge on any atom is 0.253 e. The average molecular weight is 396 g/mol. The Morgan fingerprint density at radius 3 is 2.26 bits per heavy atom. The summed E-state index contributed by atoms with van der Waals surface area (Å²) in [5, 5.41) is 3.15. The largest absolute Gasteiger partial charge is 0.366 e. The number of sulfonamides is 1. The molecule has 0 aliphatic carbocycles. The molecular formula is C19H29N3O4S. The van der Waals surface area contributed by atoms with Crippen molar-refractivity contribution in [1.29, 1.82) is 0 Å². The van der Waals surface area contributed by atoms with Crippen LogP contribution < -0.4 is 5.32 Å². The van der Waals surface area contributed by atoms with E-state index in [0.29, 0.717) is 44.2 Å². The molecule has 8 heteroatoms. The number of carbonyl (C=O) groups excluding carboxylic acids is 1. The van der Waals surface area contributed by atoms with Crippen LogP contribution in [0, 0.1) is 0 Å². The van der Waals surface area contributed by atoms with Gasteiger partial charge in [-0.15, -0.1) is 0 Å². The molecule has 2 aliphatic rings. The van der Waals surface area contributed by atoms with Gasteiger partial charge in [0.05, 0.1) is 11.5 Å². The van der Waals surface area contributed by atoms with E-state index >= 15 is 0 Å². The highest BCUT2D eigenvalue weighted by molar-refractivity contribution is 7.89. The second kappa shape index (κ2) is 7.87. The first-order valence-corrected chi connectivity index (χ1v) is 10.9. The zero-order valence-electron chi connectivity index (χ0n) is 16.3. The summed E-state index contributed by atoms with van der Waals surface area (Å²) in [5.74, 6) is -0.0613. The Labute approximate surface area is 161 Å². The van der Waals surface area contributed by atoms with Gasteiger partial charge in [0, 0.05) is 39.3 Å². The van der Waals surface area contributed by atoms with E-state index in [0.717, 1.165) is 12.1 Å². The van der Waals surface area contributed by atoms with Gasteiger partial charge < -0.3 is 15.0 Å². The number of ether oxygens (including phenoxy) is 1. The quantitative estimate of drug-likeness (QED) is 0.819. The van der Waals surface area contributed by atoms with Crippen molar-refractivity contribution >= 4 is 15.9 Å². The van der Waals surface area contributed by atoms with Crippen molar-refractivity contribution in [3.63, 3.8) is 0 Å². The van der Waals surface area contributed by atoms with E-state index in [-0.39, 0.29) is 11.3 Å². The maximum absolute atomic E-state index is 12.9. The molecule has 1 unspecified atom stereocenters. The van der Waals surface area contributed by atoms with Crippen LogP contribution in [-0.4, -0.2) is 75.5 Å². The molecule has 7 nitrogen and oxygen atoms in total. The Morgan fingerprint density at radius 1 is 1.11 bits per heavy atom. The molecular weight excluding hydrogens is 366 g/mol. The molecule has 1 N–H and O–H groups in total. The Balaban J connectivity index is 1.63. The summed E-state index contributed by atoms with van der Waals surface area (Å²) < 4.78 is 32.8. The number of nitrogens with one attached hydrogen (secondary N) is 1. The minimum atomic E-state index is -3.55. The zero-order valence-corrected chi connectivity index (χ0v) is 17.1. The molecule has 2 fully saturated rings. The minimum absolute atomic E-state index is 0.0235. The molecule has 2 heterocycles. The minimum Gasteiger partial charge on any atom is -0.366 e. The molecule has 1 atom stereocenters. The summed E-state index contributed by atoms with van der Waals surface area (Å²) in [7, 11) is -3.55. The molecule has 1 amide bonds. The van der Waals surface area contributed by atoms with Crippen LogP contribution in [0.5, 0.6) is 0 Å². The van der Waals surface area contributed by atoms with Gasteiger partial charge in [-0.3, -0.25) is 4.79 Å². The SMILES string of the molecule is CC(C)(C)c1ccc(S(=O)(=O)N2CCN(C(=O)C3CNCCO3)CC2)cc1. The summed E-state index contributed by atoms with van der Waals surface area (Å²) in [6.45, 7) is 9.45. The molecule has 150 valence electrons. The number of rotatable bonds is 3. The summed E-state index contributed by atoms with van der Waals surface area (Å²) in [6.07, 6.45) is -0.466. The maximum atomic E-state index is 12.9. The lowest BCUT2D eigenvalue weighted by atomic mass is 9.87. The first-order valence-electron chi connectivity index (χ1n) is 9.41. The van der Waals surface area contributed by atoms with Crippen LogP contribution in [-0.2, 0) is 25.0 Å². The van der Waals surface area contributed by atoms with Gasteiger partial charge in [-0.1, -0.05) is 32.9 Å². The van der Waals surface area contributed by atoms with Crippen LogP contribution in [0.2, 0.25) is 0 Å². The fourth-order valence-electron chi connectivity index (χ4n) is 3.35. The Bertz CT molecular complexity index is 757. The lowest BCUT2D eigenvalue weighted by Gasteiger charge is -2.36. The van der Waals surface area contributed by atoms with E-state index in [9.17, 15) is 13.2 Å². The van der Waals surface area contributed by atoms with Crippen molar-refractivity contribution < 1.29 is 17.9 Å². The summed E-state index contributed by atoms with van der Waals surface area (Å²) in [5.41, 5.74) is 1.07. The van der Waals surface area contributed by atoms with Gasteiger partial charge in [-0.2, -0.15) is 4.31 Å². The van der Waals surface area contributed by atoms with Crippen molar-refractivity contribution in [2.45, 2.75) is 37.2 Å². The number of nitrogens with zero attached hydrogens (tertiary/aromatic N) is 2. The third-order valence-corrected chi connectivity index (χ3v) is 7.02. The van der Waals surface area contributed by atoms with E-state index in [1.165, 1.54) is 4.31 Å². The fraction of sp³-hybridized carbons (Fsp3) is 0.632. The lowest BCUT2D eigenvalue weighted by Crippen LogP contribution is -2.55. The number of hydrogen-bond donors (Lipinski definition) is 1. The second-order valence-electron chi connectivity index (χ2n) is 8.07. The number of hydrogen-bond acceptors (Lipinski definition) is 5. The Hall–Kier alpha value is -1.48. The van der Waals surface area contributed by atoms with Crippen LogP contribution >= 0.6 is 0 Å². The van der Waals surface area contributed by atoms with Gasteiger partial charge in [0.1, 0.15) is 6.10 Å². The third kappa shape index (κ3) is 4.51. The van der Waals surface area contributed by atoms with E-state index in [1.807, 2.05) is 12.1 Å². The molecule has 1 aromatic carbocycles. The number of amides is 1. The van der Waals surface area contributed by atoms with Crippen molar-refractivity contribution in [2.24, 2.45) is 0 Å². The molecule has 3 rings (SSSR count). The van der Waals surface area contributed by atoms with Gasteiger partial charge in [0.15, 0.2) is 0 Å². The number of carbonyl (C=O) groups is 1. The molecule has 2 saturated heterocycles. The smallest absolute Gasteiger partial charge is 0.253 e. The van der Waals surface area contributed by atoms with E-state index in [1.54, 1.807) is 17.0 Å².